The summed E-state index contributed by atoms with van der Waals surface area (Å²) in [6.45, 7) is 2.82. The number of fused-ring (bicyclic) bond motifs is 3. The molecule has 4 aliphatic rings. The molecule has 3 saturated heterocycles. The van der Waals surface area contributed by atoms with E-state index in [0.717, 1.165) is 18.4 Å². The minimum absolute atomic E-state index is 0.0207. The Balaban J connectivity index is 1.25. The van der Waals surface area contributed by atoms with Gasteiger partial charge in [0, 0.05) is 39.3 Å². The van der Waals surface area contributed by atoms with Crippen LogP contribution in [0.1, 0.15) is 37.8 Å². The normalized spacial score (nSPS) is 31.5. The van der Waals surface area contributed by atoms with Crippen LogP contribution in [0.25, 0.3) is 0 Å². The summed E-state index contributed by atoms with van der Waals surface area (Å²) in [7, 11) is -0.590. The van der Waals surface area contributed by atoms with Crippen molar-refractivity contribution in [3.8, 4) is 6.07 Å². The number of carbonyl (C=O) groups is 2. The lowest BCUT2D eigenvalue weighted by Gasteiger charge is -2.38. The molecule has 1 saturated carbocycles. The van der Waals surface area contributed by atoms with Gasteiger partial charge in [-0.25, -0.2) is 12.7 Å². The lowest BCUT2D eigenvalue weighted by atomic mass is 10.1. The highest BCUT2D eigenvalue weighted by atomic mass is 32.2. The van der Waals surface area contributed by atoms with Crippen LogP contribution in [0.2, 0.25) is 0 Å². The Hall–Kier alpha value is -2.52. The molecule has 188 valence electrons. The highest BCUT2D eigenvalue weighted by Crippen LogP contribution is 2.48. The van der Waals surface area contributed by atoms with Gasteiger partial charge in [-0.15, -0.1) is 0 Å². The molecule has 0 spiro atoms. The van der Waals surface area contributed by atoms with Crippen molar-refractivity contribution in [1.82, 2.24) is 19.0 Å². The monoisotopic (exact) mass is 500 g/mol. The highest BCUT2D eigenvalue weighted by molar-refractivity contribution is 7.89. The zero-order valence-corrected chi connectivity index (χ0v) is 21.1. The maximum Gasteiger partial charge on any atom is 0.242 e. The molecule has 3 heterocycles. The summed E-state index contributed by atoms with van der Waals surface area (Å²) in [5, 5.41) is 9.39. The van der Waals surface area contributed by atoms with E-state index >= 15 is 0 Å². The number of sulfonamides is 1. The predicted octanol–water partition coefficient (Wildman–Crippen LogP) is 0.123. The van der Waals surface area contributed by atoms with E-state index in [1.54, 1.807) is 23.1 Å². The minimum atomic E-state index is -3.57. The number of amides is 2. The molecule has 0 radical (unpaired) electrons. The third kappa shape index (κ3) is 3.93. The van der Waals surface area contributed by atoms with Gasteiger partial charge in [0.1, 0.15) is 6.04 Å². The Labute approximate surface area is 206 Å². The maximum absolute atomic E-state index is 13.3. The molecule has 1 aliphatic carbocycles. The van der Waals surface area contributed by atoms with Gasteiger partial charge in [0.05, 0.1) is 29.1 Å². The predicted molar refractivity (Wildman–Crippen MR) is 127 cm³/mol. The van der Waals surface area contributed by atoms with Gasteiger partial charge >= 0.3 is 0 Å². The van der Waals surface area contributed by atoms with Gasteiger partial charge in [-0.3, -0.25) is 14.5 Å². The zero-order valence-electron chi connectivity index (χ0n) is 20.2. The fraction of sp³-hybridized carbons (Fsp3) is 0.625. The molecule has 0 aromatic heterocycles. The van der Waals surface area contributed by atoms with Crippen LogP contribution in [0, 0.1) is 17.2 Å². The van der Waals surface area contributed by atoms with E-state index < -0.39 is 22.1 Å². The van der Waals surface area contributed by atoms with E-state index in [4.69, 9.17) is 5.73 Å². The lowest BCUT2D eigenvalue weighted by molar-refractivity contribution is -0.141. The first kappa shape index (κ1) is 24.2. The number of hydrogen-bond acceptors (Lipinski definition) is 7. The summed E-state index contributed by atoms with van der Waals surface area (Å²) >= 11 is 0. The summed E-state index contributed by atoms with van der Waals surface area (Å²) in [6.07, 6.45) is 2.35. The Bertz CT molecular complexity index is 1200. The van der Waals surface area contributed by atoms with E-state index in [1.807, 2.05) is 22.8 Å². The second kappa shape index (κ2) is 8.55. The maximum atomic E-state index is 13.3. The van der Waals surface area contributed by atoms with Gasteiger partial charge < -0.3 is 15.5 Å². The zero-order chi connectivity index (χ0) is 25.2. The second-order valence-electron chi connectivity index (χ2n) is 10.4. The third-order valence-electron chi connectivity index (χ3n) is 8.11. The largest absolute Gasteiger partial charge is 0.330 e. The van der Waals surface area contributed by atoms with Gasteiger partial charge in [0.15, 0.2) is 0 Å². The summed E-state index contributed by atoms with van der Waals surface area (Å²) in [5.74, 6) is 0.218. The number of nitriles is 1. The van der Waals surface area contributed by atoms with E-state index in [0.29, 0.717) is 18.9 Å². The van der Waals surface area contributed by atoms with Gasteiger partial charge in [0.2, 0.25) is 21.8 Å². The Morgan fingerprint density at radius 3 is 2.69 bits per heavy atom. The van der Waals surface area contributed by atoms with Crippen molar-refractivity contribution in [2.24, 2.45) is 11.7 Å². The van der Waals surface area contributed by atoms with Crippen molar-refractivity contribution < 1.29 is 18.0 Å². The number of hydrogen-bond donors (Lipinski definition) is 1. The number of carbonyl (C=O) groups excluding carboxylic acids is 2. The number of nitrogens with two attached hydrogens (primary N) is 1. The number of piperidine rings is 1. The van der Waals surface area contributed by atoms with E-state index in [2.05, 4.69) is 6.07 Å². The third-order valence-corrected chi connectivity index (χ3v) is 9.92. The first-order valence-corrected chi connectivity index (χ1v) is 13.5. The number of piperazine rings is 1. The van der Waals surface area contributed by atoms with Gasteiger partial charge in [-0.2, -0.15) is 5.26 Å². The first-order valence-electron chi connectivity index (χ1n) is 12.1. The van der Waals surface area contributed by atoms with E-state index in [9.17, 15) is 23.3 Å². The summed E-state index contributed by atoms with van der Waals surface area (Å²) < 4.78 is 26.3. The van der Waals surface area contributed by atoms with E-state index in [1.165, 1.54) is 18.4 Å². The Kier molecular flexibility index (Phi) is 5.91. The van der Waals surface area contributed by atoms with Crippen molar-refractivity contribution in [3.63, 3.8) is 0 Å². The molecule has 5 rings (SSSR count). The van der Waals surface area contributed by atoms with Crippen molar-refractivity contribution in [1.29, 1.82) is 5.26 Å². The van der Waals surface area contributed by atoms with Crippen molar-refractivity contribution in [2.45, 2.75) is 67.3 Å². The molecule has 4 fully saturated rings. The molecule has 11 heteroatoms. The van der Waals surface area contributed by atoms with Crippen molar-refractivity contribution in [3.05, 3.63) is 29.8 Å². The number of rotatable bonds is 7. The van der Waals surface area contributed by atoms with E-state index in [-0.39, 0.29) is 47.4 Å². The smallest absolute Gasteiger partial charge is 0.242 e. The molecule has 2 N–H and O–H groups in total. The van der Waals surface area contributed by atoms with Crippen LogP contribution in [-0.4, -0.2) is 96.6 Å². The summed E-state index contributed by atoms with van der Waals surface area (Å²) in [6, 6.07) is 7.33. The van der Waals surface area contributed by atoms with Crippen molar-refractivity contribution >= 4 is 21.8 Å². The second-order valence-corrected chi connectivity index (χ2v) is 12.6. The fourth-order valence-electron chi connectivity index (χ4n) is 6.12. The van der Waals surface area contributed by atoms with Gasteiger partial charge in [-0.1, -0.05) is 12.1 Å². The quantitative estimate of drug-likeness (QED) is 0.563. The average Bonchev–Trinajstić information content (AvgIpc) is 3.15. The standard InChI is InChI=1S/C24H32N6O4S/c1-14(15-5-4-6-19(8-15)35(33,34)27(2)3)29-18-10-22(24(29)32)28(12-18)13-20(26)23(31)30-17(11-25)7-16-9-21(16)30/h4-6,8,14,16-18,20-22H,7,9-10,12-13,26H2,1-3H3/t14-,16+,17-,18-,20-,21?,22-/m0/s1. The summed E-state index contributed by atoms with van der Waals surface area (Å²) in [4.78, 5) is 32.1. The molecule has 7 atom stereocenters. The minimum Gasteiger partial charge on any atom is -0.330 e. The molecular weight excluding hydrogens is 468 g/mol. The van der Waals surface area contributed by atoms with Crippen LogP contribution in [0.5, 0.6) is 0 Å². The molecule has 1 aromatic rings. The molecule has 35 heavy (non-hydrogen) atoms. The topological polar surface area (TPSA) is 131 Å². The first-order chi connectivity index (χ1) is 16.5. The molecule has 1 unspecified atom stereocenters. The van der Waals surface area contributed by atoms with Crippen LogP contribution < -0.4 is 5.73 Å². The molecule has 1 aromatic carbocycles. The number of nitrogens with zero attached hydrogens (tertiary/aromatic N) is 5. The van der Waals surface area contributed by atoms with Gasteiger partial charge in [0.25, 0.3) is 0 Å². The fourth-order valence-corrected chi connectivity index (χ4v) is 7.07. The van der Waals surface area contributed by atoms with Crippen LogP contribution in [-0.2, 0) is 19.6 Å². The number of likely N-dealkylation sites (tertiary alicyclic amines) is 3. The Morgan fingerprint density at radius 1 is 1.29 bits per heavy atom. The molecule has 2 amide bonds. The van der Waals surface area contributed by atoms with Crippen LogP contribution in [0.3, 0.4) is 0 Å². The van der Waals surface area contributed by atoms with Crippen LogP contribution in [0.15, 0.2) is 29.2 Å². The van der Waals surface area contributed by atoms with Crippen LogP contribution in [0.4, 0.5) is 0 Å². The Morgan fingerprint density at radius 2 is 2.03 bits per heavy atom. The number of benzene rings is 1. The SMILES string of the molecule is C[C@@H](c1cccc(S(=O)(=O)N(C)C)c1)N1C(=O)[C@@H]2C[C@H]1CN2C[C@H](N)C(=O)N1C2C[C@H]2C[C@H]1C#N. The molecular formula is C24H32N6O4S. The molecule has 10 nitrogen and oxygen atoms in total. The molecule has 3 aliphatic heterocycles. The van der Waals surface area contributed by atoms with Gasteiger partial charge in [-0.05, 0) is 49.8 Å². The molecule has 2 bridgehead atoms. The highest BCUT2D eigenvalue weighted by Gasteiger charge is 2.56. The van der Waals surface area contributed by atoms with Crippen molar-refractivity contribution in [2.75, 3.05) is 27.2 Å². The average molecular weight is 501 g/mol. The summed E-state index contributed by atoms with van der Waals surface area (Å²) in [5.41, 5.74) is 7.06. The lowest BCUT2D eigenvalue weighted by Crippen LogP contribution is -2.57. The van der Waals surface area contributed by atoms with Crippen LogP contribution >= 0.6 is 0 Å².